The zero-order valence-corrected chi connectivity index (χ0v) is 24.8. The number of aliphatic hydroxyl groups excluding tert-OH is 1. The van der Waals surface area contributed by atoms with Gasteiger partial charge in [0.05, 0.1) is 31.9 Å². The van der Waals surface area contributed by atoms with E-state index in [0.717, 1.165) is 5.56 Å². The number of anilines is 2. The fourth-order valence-electron chi connectivity index (χ4n) is 4.78. The Balaban J connectivity index is 1.31. The SMILES string of the molecule is CC[C@H](CO)Nc1nc(NC2CCN(C(=O)OCC3(F)CN(C(=O)OC(C)(C)C)C3)CC2)n2ncc(C(C)C)c2n1. The lowest BCUT2D eigenvalue weighted by Crippen LogP contribution is -2.64. The van der Waals surface area contributed by atoms with Gasteiger partial charge >= 0.3 is 12.2 Å². The second-order valence-corrected chi connectivity index (χ2v) is 12.2. The van der Waals surface area contributed by atoms with Crippen molar-refractivity contribution in [3.05, 3.63) is 11.8 Å². The molecule has 0 radical (unpaired) electrons. The predicted octanol–water partition coefficient (Wildman–Crippen LogP) is 3.40. The number of halogens is 1. The van der Waals surface area contributed by atoms with Crippen LogP contribution < -0.4 is 10.6 Å². The molecule has 13 nitrogen and oxygen atoms in total. The molecule has 0 bridgehead atoms. The fourth-order valence-corrected chi connectivity index (χ4v) is 4.78. The van der Waals surface area contributed by atoms with E-state index in [1.54, 1.807) is 36.4 Å². The molecule has 4 rings (SSSR count). The lowest BCUT2D eigenvalue weighted by molar-refractivity contribution is -0.0784. The van der Waals surface area contributed by atoms with E-state index in [0.29, 0.717) is 49.9 Å². The maximum Gasteiger partial charge on any atom is 0.410 e. The maximum absolute atomic E-state index is 14.9. The van der Waals surface area contributed by atoms with Gasteiger partial charge in [-0.3, -0.25) is 0 Å². The van der Waals surface area contributed by atoms with Gasteiger partial charge in [0, 0.05) is 24.7 Å². The summed E-state index contributed by atoms with van der Waals surface area (Å²) < 4.78 is 27.1. The number of carbonyl (C=O) groups is 2. The van der Waals surface area contributed by atoms with Crippen molar-refractivity contribution in [3.63, 3.8) is 0 Å². The quantitative estimate of drug-likeness (QED) is 0.405. The van der Waals surface area contributed by atoms with Gasteiger partial charge in [0.15, 0.2) is 11.3 Å². The number of amides is 2. The maximum atomic E-state index is 14.9. The highest BCUT2D eigenvalue weighted by Crippen LogP contribution is 2.28. The van der Waals surface area contributed by atoms with Crippen LogP contribution in [0.3, 0.4) is 0 Å². The zero-order chi connectivity index (χ0) is 29.9. The number of rotatable bonds is 9. The van der Waals surface area contributed by atoms with E-state index < -0.39 is 30.1 Å². The summed E-state index contributed by atoms with van der Waals surface area (Å²) in [6, 6.07) is -0.160. The van der Waals surface area contributed by atoms with Gasteiger partial charge in [0.2, 0.25) is 11.9 Å². The van der Waals surface area contributed by atoms with Crippen LogP contribution >= 0.6 is 0 Å². The van der Waals surface area contributed by atoms with Crippen LogP contribution in [0.15, 0.2) is 6.20 Å². The molecule has 228 valence electrons. The number of aliphatic hydroxyl groups is 1. The molecule has 0 saturated carbocycles. The molecule has 2 fully saturated rings. The van der Waals surface area contributed by atoms with Crippen LogP contribution in [-0.4, -0.2) is 109 Å². The predicted molar refractivity (Wildman–Crippen MR) is 151 cm³/mol. The van der Waals surface area contributed by atoms with Crippen LogP contribution in [-0.2, 0) is 9.47 Å². The average Bonchev–Trinajstić information content (AvgIpc) is 3.33. The molecule has 2 aromatic rings. The number of nitrogens with zero attached hydrogens (tertiary/aromatic N) is 6. The van der Waals surface area contributed by atoms with Crippen molar-refractivity contribution in [2.45, 2.75) is 90.1 Å². The molecule has 0 aromatic carbocycles. The van der Waals surface area contributed by atoms with E-state index in [1.165, 1.54) is 4.90 Å². The Hall–Kier alpha value is -3.42. The summed E-state index contributed by atoms with van der Waals surface area (Å²) in [5, 5.41) is 20.8. The highest BCUT2D eigenvalue weighted by atomic mass is 19.1. The van der Waals surface area contributed by atoms with Crippen molar-refractivity contribution in [2.24, 2.45) is 0 Å². The van der Waals surface area contributed by atoms with Crippen LogP contribution in [0.1, 0.15) is 72.3 Å². The summed E-state index contributed by atoms with van der Waals surface area (Å²) in [7, 11) is 0. The van der Waals surface area contributed by atoms with E-state index in [-0.39, 0.29) is 37.7 Å². The molecule has 0 unspecified atom stereocenters. The highest BCUT2D eigenvalue weighted by Gasteiger charge is 2.48. The van der Waals surface area contributed by atoms with Gasteiger partial charge in [-0.1, -0.05) is 20.8 Å². The van der Waals surface area contributed by atoms with Crippen molar-refractivity contribution in [3.8, 4) is 0 Å². The summed E-state index contributed by atoms with van der Waals surface area (Å²) in [5.74, 6) is 1.14. The number of nitrogens with one attached hydrogen (secondary N) is 2. The number of carbonyl (C=O) groups excluding carboxylic acids is 2. The lowest BCUT2D eigenvalue weighted by atomic mass is 9.98. The second kappa shape index (κ2) is 12.2. The Bertz CT molecular complexity index is 1210. The molecular weight excluding hydrogens is 535 g/mol. The molecule has 2 amide bonds. The topological polar surface area (TPSA) is 146 Å². The molecule has 2 saturated heterocycles. The lowest BCUT2D eigenvalue weighted by Gasteiger charge is -2.44. The first-order valence-corrected chi connectivity index (χ1v) is 14.3. The van der Waals surface area contributed by atoms with Crippen LogP contribution in [0.25, 0.3) is 5.65 Å². The Morgan fingerprint density at radius 3 is 2.44 bits per heavy atom. The Kier molecular flexibility index (Phi) is 9.10. The number of ether oxygens (including phenoxy) is 2. The molecular formula is C27H43FN8O5. The molecule has 2 aliphatic heterocycles. The number of hydrogen-bond acceptors (Lipinski definition) is 10. The van der Waals surface area contributed by atoms with E-state index in [9.17, 15) is 19.1 Å². The highest BCUT2D eigenvalue weighted by molar-refractivity contribution is 5.70. The molecule has 2 aromatic heterocycles. The summed E-state index contributed by atoms with van der Waals surface area (Å²) in [4.78, 5) is 36.8. The largest absolute Gasteiger partial charge is 0.446 e. The third kappa shape index (κ3) is 7.46. The average molecular weight is 579 g/mol. The number of alkyl halides is 1. The third-order valence-electron chi connectivity index (χ3n) is 7.20. The van der Waals surface area contributed by atoms with E-state index >= 15 is 0 Å². The molecule has 14 heteroatoms. The number of likely N-dealkylation sites (tertiary alicyclic amines) is 2. The van der Waals surface area contributed by atoms with Crippen molar-refractivity contribution < 1.29 is 28.6 Å². The summed E-state index contributed by atoms with van der Waals surface area (Å²) in [5.41, 5.74) is -0.762. The molecule has 0 spiro atoms. The second-order valence-electron chi connectivity index (χ2n) is 12.2. The van der Waals surface area contributed by atoms with E-state index in [2.05, 4.69) is 39.5 Å². The van der Waals surface area contributed by atoms with E-state index in [1.807, 2.05) is 6.92 Å². The smallest absolute Gasteiger partial charge is 0.410 e. The molecule has 0 aliphatic carbocycles. The normalized spacial score (nSPS) is 18.3. The number of fused-ring (bicyclic) bond motifs is 1. The minimum Gasteiger partial charge on any atom is -0.446 e. The Morgan fingerprint density at radius 1 is 1.17 bits per heavy atom. The minimum absolute atomic E-state index is 0.0121. The number of piperidine rings is 1. The Morgan fingerprint density at radius 2 is 1.85 bits per heavy atom. The van der Waals surface area contributed by atoms with Gasteiger partial charge in [-0.25, -0.2) is 14.0 Å². The summed E-state index contributed by atoms with van der Waals surface area (Å²) in [6.07, 6.45) is 2.61. The van der Waals surface area contributed by atoms with Gasteiger partial charge in [-0.2, -0.15) is 19.6 Å². The number of hydrogen-bond donors (Lipinski definition) is 3. The van der Waals surface area contributed by atoms with Gasteiger partial charge in [-0.05, 0) is 46.0 Å². The monoisotopic (exact) mass is 578 g/mol. The standard InChI is InChI=1S/C27H43FN8O5/c1-7-18(13-37)30-22-32-21-20(17(2)3)12-29-36(21)23(33-22)31-19-8-10-34(11-9-19)24(38)40-16-27(28)14-35(15-27)25(39)41-26(4,5)6/h12,17-19,37H,7-11,13-16H2,1-6H3,(H2,30,31,32,33)/t18-/m1/s1. The number of aromatic nitrogens is 4. The first-order chi connectivity index (χ1) is 19.3. The van der Waals surface area contributed by atoms with Gasteiger partial charge in [-0.15, -0.1) is 0 Å². The summed E-state index contributed by atoms with van der Waals surface area (Å²) in [6.45, 7) is 11.4. The van der Waals surface area contributed by atoms with Crippen LogP contribution in [0, 0.1) is 0 Å². The third-order valence-corrected chi connectivity index (χ3v) is 7.20. The van der Waals surface area contributed by atoms with Crippen LogP contribution in [0.4, 0.5) is 25.9 Å². The zero-order valence-electron chi connectivity index (χ0n) is 24.8. The molecule has 1 atom stereocenters. The summed E-state index contributed by atoms with van der Waals surface area (Å²) >= 11 is 0. The first-order valence-electron chi connectivity index (χ1n) is 14.3. The fraction of sp³-hybridized carbons (Fsp3) is 0.741. The first kappa shape index (κ1) is 30.5. The van der Waals surface area contributed by atoms with Crippen molar-refractivity contribution in [1.82, 2.24) is 29.4 Å². The van der Waals surface area contributed by atoms with Gasteiger partial charge < -0.3 is 35.0 Å². The molecule has 2 aliphatic rings. The molecule has 4 heterocycles. The van der Waals surface area contributed by atoms with Gasteiger partial charge in [0.1, 0.15) is 12.2 Å². The van der Waals surface area contributed by atoms with E-state index in [4.69, 9.17) is 9.47 Å². The Labute approximate surface area is 239 Å². The molecule has 3 N–H and O–H groups in total. The molecule has 41 heavy (non-hydrogen) atoms. The van der Waals surface area contributed by atoms with Crippen molar-refractivity contribution in [1.29, 1.82) is 0 Å². The van der Waals surface area contributed by atoms with Crippen LogP contribution in [0.5, 0.6) is 0 Å². The van der Waals surface area contributed by atoms with Gasteiger partial charge in [0.25, 0.3) is 0 Å². The van der Waals surface area contributed by atoms with Crippen molar-refractivity contribution >= 4 is 29.7 Å². The minimum atomic E-state index is -1.78. The van der Waals surface area contributed by atoms with Crippen molar-refractivity contribution in [2.75, 3.05) is 50.0 Å². The van der Waals surface area contributed by atoms with Crippen LogP contribution in [0.2, 0.25) is 0 Å².